The standard InChI is InChI=1S/C18H30N2O3.ClH/c1-7-12(2)16(19)17(21)20-11-18(3,4)13-8-9-14(22-5)15(10-13)23-6;/h8-10,12,16H,7,11,19H2,1-6H3,(H,20,21);1H. The van der Waals surface area contributed by atoms with E-state index in [0.717, 1.165) is 12.0 Å². The number of carbonyl (C=O) groups is 1. The van der Waals surface area contributed by atoms with Crippen molar-refractivity contribution in [3.05, 3.63) is 23.8 Å². The highest BCUT2D eigenvalue weighted by Gasteiger charge is 2.25. The number of amides is 1. The Morgan fingerprint density at radius 3 is 2.33 bits per heavy atom. The van der Waals surface area contributed by atoms with Gasteiger partial charge in [0.25, 0.3) is 0 Å². The summed E-state index contributed by atoms with van der Waals surface area (Å²) in [7, 11) is 3.22. The van der Waals surface area contributed by atoms with Crippen LogP contribution in [0.4, 0.5) is 0 Å². The average Bonchev–Trinajstić information content (AvgIpc) is 2.57. The van der Waals surface area contributed by atoms with E-state index in [-0.39, 0.29) is 29.6 Å². The number of rotatable bonds is 8. The van der Waals surface area contributed by atoms with Crippen molar-refractivity contribution in [2.45, 2.75) is 45.6 Å². The second-order valence-electron chi connectivity index (χ2n) is 6.58. The first kappa shape index (κ1) is 22.5. The first-order valence-corrected chi connectivity index (χ1v) is 8.02. The highest BCUT2D eigenvalue weighted by molar-refractivity contribution is 5.85. The molecule has 0 radical (unpaired) electrons. The monoisotopic (exact) mass is 358 g/mol. The summed E-state index contributed by atoms with van der Waals surface area (Å²) in [5.74, 6) is 1.43. The number of nitrogens with two attached hydrogens (primary N) is 1. The van der Waals surface area contributed by atoms with Crippen molar-refractivity contribution in [2.75, 3.05) is 20.8 Å². The van der Waals surface area contributed by atoms with Gasteiger partial charge in [0.05, 0.1) is 20.3 Å². The molecule has 0 heterocycles. The molecule has 0 saturated carbocycles. The van der Waals surface area contributed by atoms with Gasteiger partial charge in [0.15, 0.2) is 11.5 Å². The van der Waals surface area contributed by atoms with Crippen LogP contribution in [0.3, 0.4) is 0 Å². The molecule has 0 aliphatic heterocycles. The summed E-state index contributed by atoms with van der Waals surface area (Å²) in [5, 5.41) is 2.97. The molecule has 0 saturated heterocycles. The van der Waals surface area contributed by atoms with E-state index < -0.39 is 6.04 Å². The van der Waals surface area contributed by atoms with Gasteiger partial charge in [-0.25, -0.2) is 0 Å². The number of nitrogens with one attached hydrogen (secondary N) is 1. The number of methoxy groups -OCH3 is 2. The molecule has 1 amide bonds. The zero-order valence-corrected chi connectivity index (χ0v) is 16.3. The largest absolute Gasteiger partial charge is 0.493 e. The highest BCUT2D eigenvalue weighted by atomic mass is 35.5. The molecule has 0 aliphatic carbocycles. The van der Waals surface area contributed by atoms with Gasteiger partial charge >= 0.3 is 0 Å². The maximum absolute atomic E-state index is 12.2. The van der Waals surface area contributed by atoms with Gasteiger partial charge < -0.3 is 20.5 Å². The number of ether oxygens (including phenoxy) is 2. The predicted octanol–water partition coefficient (Wildman–Crippen LogP) is 2.89. The van der Waals surface area contributed by atoms with E-state index in [1.807, 2.05) is 32.0 Å². The minimum Gasteiger partial charge on any atom is -0.493 e. The third kappa shape index (κ3) is 5.56. The molecule has 1 aromatic carbocycles. The van der Waals surface area contributed by atoms with E-state index in [2.05, 4.69) is 19.2 Å². The lowest BCUT2D eigenvalue weighted by molar-refractivity contribution is -0.123. The smallest absolute Gasteiger partial charge is 0.237 e. The van der Waals surface area contributed by atoms with Crippen LogP contribution >= 0.6 is 12.4 Å². The van der Waals surface area contributed by atoms with Crippen molar-refractivity contribution >= 4 is 18.3 Å². The highest BCUT2D eigenvalue weighted by Crippen LogP contribution is 2.32. The number of hydrogen-bond acceptors (Lipinski definition) is 4. The molecule has 0 aliphatic rings. The van der Waals surface area contributed by atoms with Crippen molar-refractivity contribution in [3.8, 4) is 11.5 Å². The van der Waals surface area contributed by atoms with Gasteiger partial charge in [-0.05, 0) is 23.6 Å². The lowest BCUT2D eigenvalue weighted by Crippen LogP contribution is -2.47. The van der Waals surface area contributed by atoms with Crippen molar-refractivity contribution in [1.82, 2.24) is 5.32 Å². The molecule has 6 heteroatoms. The molecule has 24 heavy (non-hydrogen) atoms. The summed E-state index contributed by atoms with van der Waals surface area (Å²) < 4.78 is 10.6. The van der Waals surface area contributed by atoms with Crippen LogP contribution in [0.5, 0.6) is 11.5 Å². The van der Waals surface area contributed by atoms with Crippen LogP contribution in [0.15, 0.2) is 18.2 Å². The van der Waals surface area contributed by atoms with Gasteiger partial charge in [0.1, 0.15) is 0 Å². The lowest BCUT2D eigenvalue weighted by atomic mass is 9.84. The quantitative estimate of drug-likeness (QED) is 0.749. The molecule has 0 fully saturated rings. The Morgan fingerprint density at radius 2 is 1.83 bits per heavy atom. The Balaban J connectivity index is 0.00000529. The van der Waals surface area contributed by atoms with Crippen molar-refractivity contribution in [2.24, 2.45) is 11.7 Å². The van der Waals surface area contributed by atoms with Crippen LogP contribution in [-0.4, -0.2) is 32.7 Å². The Kier molecular flexibility index (Phi) is 9.15. The fraction of sp³-hybridized carbons (Fsp3) is 0.611. The summed E-state index contributed by atoms with van der Waals surface area (Å²) >= 11 is 0. The molecule has 0 spiro atoms. The number of halogens is 1. The zero-order chi connectivity index (χ0) is 17.6. The van der Waals surface area contributed by atoms with E-state index >= 15 is 0 Å². The molecular weight excluding hydrogens is 328 g/mol. The van der Waals surface area contributed by atoms with E-state index in [1.54, 1.807) is 14.2 Å². The fourth-order valence-electron chi connectivity index (χ4n) is 2.30. The average molecular weight is 359 g/mol. The maximum atomic E-state index is 12.2. The van der Waals surface area contributed by atoms with E-state index in [4.69, 9.17) is 15.2 Å². The molecule has 1 aromatic rings. The van der Waals surface area contributed by atoms with Crippen molar-refractivity contribution < 1.29 is 14.3 Å². The van der Waals surface area contributed by atoms with E-state index in [0.29, 0.717) is 18.0 Å². The summed E-state index contributed by atoms with van der Waals surface area (Å²) in [6, 6.07) is 5.34. The molecule has 2 unspecified atom stereocenters. The van der Waals surface area contributed by atoms with E-state index in [1.165, 1.54) is 0 Å². The van der Waals surface area contributed by atoms with Crippen LogP contribution < -0.4 is 20.5 Å². The zero-order valence-electron chi connectivity index (χ0n) is 15.5. The van der Waals surface area contributed by atoms with Gasteiger partial charge in [-0.3, -0.25) is 4.79 Å². The molecule has 2 atom stereocenters. The maximum Gasteiger partial charge on any atom is 0.237 e. The normalized spacial score (nSPS) is 13.5. The van der Waals surface area contributed by atoms with Crippen LogP contribution in [0.25, 0.3) is 0 Å². The second-order valence-corrected chi connectivity index (χ2v) is 6.58. The second kappa shape index (κ2) is 9.74. The van der Waals surface area contributed by atoms with Gasteiger partial charge in [-0.1, -0.05) is 40.2 Å². The number of carbonyl (C=O) groups excluding carboxylic acids is 1. The van der Waals surface area contributed by atoms with Gasteiger partial charge in [-0.15, -0.1) is 12.4 Å². The Bertz CT molecular complexity index is 535. The third-order valence-corrected chi connectivity index (χ3v) is 4.43. The fourth-order valence-corrected chi connectivity index (χ4v) is 2.30. The first-order chi connectivity index (χ1) is 10.8. The molecule has 5 nitrogen and oxygen atoms in total. The molecule has 0 bridgehead atoms. The third-order valence-electron chi connectivity index (χ3n) is 4.43. The van der Waals surface area contributed by atoms with Gasteiger partial charge in [0, 0.05) is 12.0 Å². The molecule has 0 aromatic heterocycles. The summed E-state index contributed by atoms with van der Waals surface area (Å²) in [6.45, 7) is 8.67. The summed E-state index contributed by atoms with van der Waals surface area (Å²) in [5.41, 5.74) is 6.79. The minimum atomic E-state index is -0.471. The van der Waals surface area contributed by atoms with Crippen LogP contribution in [0.1, 0.15) is 39.7 Å². The van der Waals surface area contributed by atoms with Crippen LogP contribution in [0.2, 0.25) is 0 Å². The molecule has 3 N–H and O–H groups in total. The summed E-state index contributed by atoms with van der Waals surface area (Å²) in [6.07, 6.45) is 0.883. The predicted molar refractivity (Wildman–Crippen MR) is 100 cm³/mol. The van der Waals surface area contributed by atoms with Crippen molar-refractivity contribution in [3.63, 3.8) is 0 Å². The SMILES string of the molecule is CCC(C)C(N)C(=O)NCC(C)(C)c1ccc(OC)c(OC)c1.Cl. The topological polar surface area (TPSA) is 73.6 Å². The molecule has 1 rings (SSSR count). The Labute approximate surface area is 151 Å². The van der Waals surface area contributed by atoms with Crippen LogP contribution in [0, 0.1) is 5.92 Å². The molecular formula is C18H31ClN2O3. The van der Waals surface area contributed by atoms with Gasteiger partial charge in [-0.2, -0.15) is 0 Å². The van der Waals surface area contributed by atoms with E-state index in [9.17, 15) is 4.79 Å². The lowest BCUT2D eigenvalue weighted by Gasteiger charge is -2.28. The van der Waals surface area contributed by atoms with Gasteiger partial charge in [0.2, 0.25) is 5.91 Å². The number of benzene rings is 1. The Hall–Kier alpha value is -1.46. The Morgan fingerprint density at radius 1 is 1.25 bits per heavy atom. The first-order valence-electron chi connectivity index (χ1n) is 8.02. The minimum absolute atomic E-state index is 0. The summed E-state index contributed by atoms with van der Waals surface area (Å²) in [4.78, 5) is 12.2. The molecule has 138 valence electrons. The van der Waals surface area contributed by atoms with Crippen molar-refractivity contribution in [1.29, 1.82) is 0 Å². The van der Waals surface area contributed by atoms with Crippen LogP contribution in [-0.2, 0) is 10.2 Å². The number of hydrogen-bond donors (Lipinski definition) is 2.